The van der Waals surface area contributed by atoms with Crippen LogP contribution in [0, 0.1) is 0 Å². The van der Waals surface area contributed by atoms with Gasteiger partial charge >= 0.3 is 0 Å². The average Bonchev–Trinajstić information content (AvgIpc) is 2.65. The van der Waals surface area contributed by atoms with Crippen molar-refractivity contribution in [2.24, 2.45) is 0 Å². The van der Waals surface area contributed by atoms with Crippen LogP contribution in [0.5, 0.6) is 0 Å². The Bertz CT molecular complexity index is 363. The molecule has 0 aromatic heterocycles. The Balaban J connectivity index is 2.11. The Labute approximate surface area is 76.5 Å². The molecular formula is C10H10N2O. The van der Waals surface area contributed by atoms with Crippen molar-refractivity contribution in [1.82, 2.24) is 10.6 Å². The second-order valence-corrected chi connectivity index (χ2v) is 3.21. The van der Waals surface area contributed by atoms with Gasteiger partial charge in [-0.1, -0.05) is 12.2 Å². The van der Waals surface area contributed by atoms with Gasteiger partial charge in [0, 0.05) is 5.57 Å². The Morgan fingerprint density at radius 2 is 2.46 bits per heavy atom. The maximum Gasteiger partial charge on any atom is 0.154 e. The summed E-state index contributed by atoms with van der Waals surface area (Å²) in [4.78, 5) is 0. The van der Waals surface area contributed by atoms with Gasteiger partial charge in [0.15, 0.2) is 5.76 Å². The van der Waals surface area contributed by atoms with Crippen molar-refractivity contribution < 1.29 is 4.74 Å². The van der Waals surface area contributed by atoms with E-state index in [1.54, 1.807) is 6.26 Å². The lowest BCUT2D eigenvalue weighted by Gasteiger charge is -2.20. The van der Waals surface area contributed by atoms with E-state index in [0.29, 0.717) is 6.04 Å². The first-order valence-electron chi connectivity index (χ1n) is 4.38. The van der Waals surface area contributed by atoms with Gasteiger partial charge in [-0.25, -0.2) is 0 Å². The predicted octanol–water partition coefficient (Wildman–Crippen LogP) is 0.757. The molecule has 2 heterocycles. The third-order valence-electron chi connectivity index (χ3n) is 2.43. The van der Waals surface area contributed by atoms with Gasteiger partial charge in [-0.2, -0.15) is 0 Å². The molecule has 0 spiro atoms. The molecule has 3 rings (SSSR count). The van der Waals surface area contributed by atoms with Crippen LogP contribution in [0.25, 0.3) is 0 Å². The van der Waals surface area contributed by atoms with Crippen molar-refractivity contribution in [3.8, 4) is 0 Å². The van der Waals surface area contributed by atoms with Gasteiger partial charge in [-0.15, -0.1) is 0 Å². The summed E-state index contributed by atoms with van der Waals surface area (Å²) in [7, 11) is 0. The smallest absolute Gasteiger partial charge is 0.154 e. The van der Waals surface area contributed by atoms with Gasteiger partial charge in [0.05, 0.1) is 24.7 Å². The minimum Gasteiger partial charge on any atom is -0.462 e. The normalized spacial score (nSPS) is 28.9. The summed E-state index contributed by atoms with van der Waals surface area (Å²) < 4.78 is 5.47. The van der Waals surface area contributed by atoms with Gasteiger partial charge in [0.1, 0.15) is 0 Å². The van der Waals surface area contributed by atoms with Crippen molar-refractivity contribution in [2.45, 2.75) is 6.04 Å². The van der Waals surface area contributed by atoms with Gasteiger partial charge in [0.25, 0.3) is 0 Å². The summed E-state index contributed by atoms with van der Waals surface area (Å²) in [5, 5.41) is 6.58. The Hall–Kier alpha value is -1.48. The summed E-state index contributed by atoms with van der Waals surface area (Å²) >= 11 is 0. The second-order valence-electron chi connectivity index (χ2n) is 3.21. The van der Waals surface area contributed by atoms with E-state index in [1.165, 1.54) is 0 Å². The van der Waals surface area contributed by atoms with Crippen molar-refractivity contribution in [3.05, 3.63) is 47.6 Å². The number of allylic oxidation sites excluding steroid dienone is 3. The summed E-state index contributed by atoms with van der Waals surface area (Å²) in [6.07, 6.45) is 9.91. The molecule has 3 nitrogen and oxygen atoms in total. The molecule has 1 unspecified atom stereocenters. The van der Waals surface area contributed by atoms with Crippen molar-refractivity contribution >= 4 is 0 Å². The molecule has 0 bridgehead atoms. The molecule has 1 saturated heterocycles. The average molecular weight is 174 g/mol. The Kier molecular flexibility index (Phi) is 1.34. The molecule has 2 aliphatic heterocycles. The molecule has 2 N–H and O–H groups in total. The molecule has 66 valence electrons. The minimum absolute atomic E-state index is 0.304. The van der Waals surface area contributed by atoms with Crippen LogP contribution in [0.3, 0.4) is 0 Å². The molecule has 0 aromatic carbocycles. The van der Waals surface area contributed by atoms with Crippen molar-refractivity contribution in [1.29, 1.82) is 0 Å². The van der Waals surface area contributed by atoms with Crippen LogP contribution in [0.2, 0.25) is 0 Å². The lowest BCUT2D eigenvalue weighted by atomic mass is 10.0. The molecule has 1 atom stereocenters. The monoisotopic (exact) mass is 174 g/mol. The first kappa shape index (κ1) is 6.97. The number of hydrogen-bond acceptors (Lipinski definition) is 3. The fraction of sp³-hybridized carbons (Fsp3) is 0.200. The Morgan fingerprint density at radius 1 is 1.46 bits per heavy atom. The largest absolute Gasteiger partial charge is 0.462 e. The number of fused-ring (bicyclic) bond motifs is 2. The van der Waals surface area contributed by atoms with E-state index in [9.17, 15) is 0 Å². The molecule has 1 fully saturated rings. The van der Waals surface area contributed by atoms with Crippen molar-refractivity contribution in [2.75, 3.05) is 6.67 Å². The van der Waals surface area contributed by atoms with Crippen LogP contribution in [0.15, 0.2) is 47.6 Å². The summed E-state index contributed by atoms with van der Waals surface area (Å²) in [6.45, 7) is 0.814. The molecule has 13 heavy (non-hydrogen) atoms. The zero-order valence-electron chi connectivity index (χ0n) is 7.08. The van der Waals surface area contributed by atoms with Crippen LogP contribution in [0.4, 0.5) is 0 Å². The highest BCUT2D eigenvalue weighted by Crippen LogP contribution is 2.28. The summed E-state index contributed by atoms with van der Waals surface area (Å²) in [5.41, 5.74) is 2.29. The van der Waals surface area contributed by atoms with Crippen LogP contribution in [0.1, 0.15) is 0 Å². The highest BCUT2D eigenvalue weighted by Gasteiger charge is 2.27. The quantitative estimate of drug-likeness (QED) is 0.568. The SMILES string of the molecule is C1=COC2=C3NCNC3C=CC2=C1. The van der Waals surface area contributed by atoms with E-state index < -0.39 is 0 Å². The minimum atomic E-state index is 0.304. The highest BCUT2D eigenvalue weighted by atomic mass is 16.5. The predicted molar refractivity (Wildman–Crippen MR) is 49.4 cm³/mol. The first-order chi connectivity index (χ1) is 6.45. The molecule has 0 saturated carbocycles. The molecule has 0 aromatic rings. The summed E-state index contributed by atoms with van der Waals surface area (Å²) in [6, 6.07) is 0.304. The highest BCUT2D eigenvalue weighted by molar-refractivity contribution is 5.50. The Morgan fingerprint density at radius 3 is 3.46 bits per heavy atom. The topological polar surface area (TPSA) is 33.3 Å². The second kappa shape index (κ2) is 2.50. The number of nitrogens with one attached hydrogen (secondary N) is 2. The molecule has 0 radical (unpaired) electrons. The molecule has 3 aliphatic rings. The molecule has 3 heteroatoms. The van der Waals surface area contributed by atoms with E-state index in [0.717, 1.165) is 23.7 Å². The lowest BCUT2D eigenvalue weighted by Crippen LogP contribution is -2.23. The van der Waals surface area contributed by atoms with E-state index >= 15 is 0 Å². The maximum absolute atomic E-state index is 5.47. The van der Waals surface area contributed by atoms with E-state index in [1.807, 2.05) is 6.08 Å². The molecular weight excluding hydrogens is 164 g/mol. The lowest BCUT2D eigenvalue weighted by molar-refractivity contribution is 0.348. The first-order valence-corrected chi connectivity index (χ1v) is 4.38. The van der Waals surface area contributed by atoms with Gasteiger partial charge < -0.3 is 10.1 Å². The third-order valence-corrected chi connectivity index (χ3v) is 2.43. The van der Waals surface area contributed by atoms with E-state index in [4.69, 9.17) is 4.74 Å². The maximum atomic E-state index is 5.47. The van der Waals surface area contributed by atoms with Crippen molar-refractivity contribution in [3.63, 3.8) is 0 Å². The third kappa shape index (κ3) is 0.939. The number of ether oxygens (including phenoxy) is 1. The van der Waals surface area contributed by atoms with Gasteiger partial charge in [-0.3, -0.25) is 5.32 Å². The van der Waals surface area contributed by atoms with Crippen LogP contribution in [-0.4, -0.2) is 12.7 Å². The zero-order valence-corrected chi connectivity index (χ0v) is 7.08. The molecule has 1 aliphatic carbocycles. The number of rotatable bonds is 0. The van der Waals surface area contributed by atoms with Crippen LogP contribution in [-0.2, 0) is 4.74 Å². The van der Waals surface area contributed by atoms with Gasteiger partial charge in [-0.05, 0) is 12.2 Å². The fourth-order valence-electron chi connectivity index (χ4n) is 1.80. The number of hydrogen-bond donors (Lipinski definition) is 2. The van der Waals surface area contributed by atoms with Crippen LogP contribution < -0.4 is 10.6 Å². The molecule has 0 amide bonds. The van der Waals surface area contributed by atoms with E-state index in [-0.39, 0.29) is 0 Å². The zero-order chi connectivity index (χ0) is 8.67. The standard InChI is InChI=1S/C10H10N2O/c1-2-7-3-4-8-9(12-6-11-8)10(7)13-5-1/h1-5,8,11-12H,6H2. The fourth-order valence-corrected chi connectivity index (χ4v) is 1.80. The summed E-state index contributed by atoms with van der Waals surface area (Å²) in [5.74, 6) is 0.958. The van der Waals surface area contributed by atoms with Crippen LogP contribution >= 0.6 is 0 Å². The van der Waals surface area contributed by atoms with E-state index in [2.05, 4.69) is 28.9 Å². The van der Waals surface area contributed by atoms with Gasteiger partial charge in [0.2, 0.25) is 0 Å².